The molecule has 0 atom stereocenters. The van der Waals surface area contributed by atoms with Crippen LogP contribution in [0.3, 0.4) is 0 Å². The van der Waals surface area contributed by atoms with Crippen molar-refractivity contribution in [3.8, 4) is 0 Å². The van der Waals surface area contributed by atoms with Crippen molar-refractivity contribution in [1.82, 2.24) is 15.2 Å². The van der Waals surface area contributed by atoms with Gasteiger partial charge in [-0.15, -0.1) is 0 Å². The normalized spacial score (nSPS) is 11.3. The van der Waals surface area contributed by atoms with Crippen LogP contribution in [0.15, 0.2) is 53.1 Å². The molecule has 0 unspecified atom stereocenters. The van der Waals surface area contributed by atoms with Crippen LogP contribution >= 0.6 is 23.2 Å². The topological polar surface area (TPSA) is 58.4 Å². The molecule has 3 aromatic rings. The third kappa shape index (κ3) is 7.06. The number of oxazole rings is 1. The number of halogens is 3. The largest absolute Gasteiger partial charge is 0.447 e. The van der Waals surface area contributed by atoms with E-state index in [-0.39, 0.29) is 17.4 Å². The van der Waals surface area contributed by atoms with Crippen LogP contribution in [0.1, 0.15) is 41.4 Å². The van der Waals surface area contributed by atoms with Crippen molar-refractivity contribution in [1.29, 1.82) is 0 Å². The van der Waals surface area contributed by atoms with E-state index in [2.05, 4.69) is 10.3 Å². The fraction of sp³-hybridized carbons (Fsp3) is 0.304. The van der Waals surface area contributed by atoms with Crippen molar-refractivity contribution in [3.63, 3.8) is 0 Å². The number of carbonyl (C=O) groups excluding carboxylic acids is 1. The molecular weight excluding hydrogens is 440 g/mol. The summed E-state index contributed by atoms with van der Waals surface area (Å²) in [6.07, 6.45) is 1.36. The van der Waals surface area contributed by atoms with Crippen molar-refractivity contribution in [2.24, 2.45) is 5.92 Å². The molecule has 1 N–H and O–H groups in total. The number of hydrogen-bond donors (Lipinski definition) is 1. The maximum Gasteiger partial charge on any atom is 0.273 e. The zero-order valence-corrected chi connectivity index (χ0v) is 18.9. The summed E-state index contributed by atoms with van der Waals surface area (Å²) in [5.41, 5.74) is 2.05. The number of amides is 1. The van der Waals surface area contributed by atoms with Crippen molar-refractivity contribution in [3.05, 3.63) is 87.3 Å². The first-order valence-electron chi connectivity index (χ1n) is 9.93. The molecule has 0 radical (unpaired) electrons. The Labute approximate surface area is 191 Å². The molecule has 0 saturated heterocycles. The van der Waals surface area contributed by atoms with Crippen LogP contribution in [0.2, 0.25) is 10.0 Å². The third-order valence-electron chi connectivity index (χ3n) is 4.54. The van der Waals surface area contributed by atoms with E-state index in [1.54, 1.807) is 24.3 Å². The highest BCUT2D eigenvalue weighted by atomic mass is 35.5. The number of aromatic nitrogens is 1. The summed E-state index contributed by atoms with van der Waals surface area (Å²) in [4.78, 5) is 18.6. The molecule has 8 heteroatoms. The van der Waals surface area contributed by atoms with Gasteiger partial charge in [0.1, 0.15) is 12.1 Å². The quantitative estimate of drug-likeness (QED) is 0.441. The zero-order valence-electron chi connectivity index (χ0n) is 17.4. The number of benzene rings is 2. The van der Waals surface area contributed by atoms with Crippen molar-refractivity contribution in [2.45, 2.75) is 33.5 Å². The summed E-state index contributed by atoms with van der Waals surface area (Å²) < 4.78 is 18.8. The Morgan fingerprint density at radius 3 is 2.55 bits per heavy atom. The Bertz CT molecular complexity index is 1020. The molecular formula is C23H24Cl2FN3O2. The number of rotatable bonds is 9. The van der Waals surface area contributed by atoms with Crippen LogP contribution < -0.4 is 5.32 Å². The first-order chi connectivity index (χ1) is 14.8. The lowest BCUT2D eigenvalue weighted by molar-refractivity contribution is 0.0944. The molecule has 5 nitrogen and oxygen atoms in total. The fourth-order valence-corrected chi connectivity index (χ4v) is 3.44. The molecule has 0 fully saturated rings. The van der Waals surface area contributed by atoms with Gasteiger partial charge in [0.15, 0.2) is 5.69 Å². The molecule has 0 aliphatic rings. The van der Waals surface area contributed by atoms with Gasteiger partial charge < -0.3 is 9.73 Å². The van der Waals surface area contributed by atoms with Gasteiger partial charge in [-0.2, -0.15) is 0 Å². The SMILES string of the molecule is CC(C)CNC(=O)c1coc(CN(Cc2ccc(F)cc2)Cc2ccc(Cl)cc2Cl)n1. The Morgan fingerprint density at radius 2 is 1.87 bits per heavy atom. The summed E-state index contributed by atoms with van der Waals surface area (Å²) in [5.74, 6) is 0.183. The van der Waals surface area contributed by atoms with Gasteiger partial charge >= 0.3 is 0 Å². The van der Waals surface area contributed by atoms with Gasteiger partial charge in [-0.1, -0.05) is 55.2 Å². The molecule has 0 aliphatic carbocycles. The number of nitrogens with zero attached hydrogens (tertiary/aromatic N) is 2. The molecule has 2 aromatic carbocycles. The van der Waals surface area contributed by atoms with Gasteiger partial charge in [0.2, 0.25) is 5.89 Å². The van der Waals surface area contributed by atoms with Gasteiger partial charge in [0.25, 0.3) is 5.91 Å². The lowest BCUT2D eigenvalue weighted by Gasteiger charge is -2.21. The molecule has 0 aliphatic heterocycles. The predicted octanol–water partition coefficient (Wildman–Crippen LogP) is 5.71. The van der Waals surface area contributed by atoms with Crippen LogP contribution in [0.4, 0.5) is 4.39 Å². The van der Waals surface area contributed by atoms with Gasteiger partial charge in [-0.25, -0.2) is 9.37 Å². The van der Waals surface area contributed by atoms with Crippen LogP contribution in [0.25, 0.3) is 0 Å². The average Bonchev–Trinajstić information content (AvgIpc) is 3.18. The maximum atomic E-state index is 13.3. The zero-order chi connectivity index (χ0) is 22.4. The summed E-state index contributed by atoms with van der Waals surface area (Å²) in [6, 6.07) is 11.6. The summed E-state index contributed by atoms with van der Waals surface area (Å²) in [5, 5.41) is 3.93. The predicted molar refractivity (Wildman–Crippen MR) is 119 cm³/mol. The van der Waals surface area contributed by atoms with Crippen molar-refractivity contribution in [2.75, 3.05) is 6.54 Å². The first-order valence-corrected chi connectivity index (χ1v) is 10.7. The van der Waals surface area contributed by atoms with Crippen molar-refractivity contribution >= 4 is 29.1 Å². The van der Waals surface area contributed by atoms with E-state index in [0.29, 0.717) is 48.0 Å². The molecule has 0 spiro atoms. The van der Waals surface area contributed by atoms with Crippen molar-refractivity contribution < 1.29 is 13.6 Å². The smallest absolute Gasteiger partial charge is 0.273 e. The number of nitrogens with one attached hydrogen (secondary N) is 1. The Kier molecular flexibility index (Phi) is 8.07. The second-order valence-corrected chi connectivity index (χ2v) is 8.58. The first kappa shape index (κ1) is 23.3. The fourth-order valence-electron chi connectivity index (χ4n) is 2.97. The van der Waals surface area contributed by atoms with E-state index in [1.807, 2.05) is 24.8 Å². The van der Waals surface area contributed by atoms with Gasteiger partial charge in [0, 0.05) is 29.7 Å². The van der Waals surface area contributed by atoms with E-state index in [9.17, 15) is 9.18 Å². The minimum absolute atomic E-state index is 0.238. The van der Waals surface area contributed by atoms with Gasteiger partial charge in [-0.3, -0.25) is 9.69 Å². The molecule has 1 amide bonds. The molecule has 3 rings (SSSR count). The van der Waals surface area contributed by atoms with E-state index in [1.165, 1.54) is 18.4 Å². The lowest BCUT2D eigenvalue weighted by atomic mass is 10.1. The van der Waals surface area contributed by atoms with E-state index in [4.69, 9.17) is 27.6 Å². The van der Waals surface area contributed by atoms with E-state index in [0.717, 1.165) is 11.1 Å². The third-order valence-corrected chi connectivity index (χ3v) is 5.13. The summed E-state index contributed by atoms with van der Waals surface area (Å²) >= 11 is 12.4. The monoisotopic (exact) mass is 463 g/mol. The second-order valence-electron chi connectivity index (χ2n) is 7.74. The van der Waals surface area contributed by atoms with Gasteiger partial charge in [0.05, 0.1) is 6.54 Å². The number of carbonyl (C=O) groups is 1. The minimum Gasteiger partial charge on any atom is -0.447 e. The maximum absolute atomic E-state index is 13.3. The molecule has 0 saturated carbocycles. The second kappa shape index (κ2) is 10.8. The van der Waals surface area contributed by atoms with Crippen LogP contribution in [-0.4, -0.2) is 22.3 Å². The highest BCUT2D eigenvalue weighted by Gasteiger charge is 2.17. The highest BCUT2D eigenvalue weighted by Crippen LogP contribution is 2.24. The molecule has 1 heterocycles. The van der Waals surface area contributed by atoms with Gasteiger partial charge in [-0.05, 0) is 41.3 Å². The Balaban J connectivity index is 1.76. The Hall–Kier alpha value is -2.41. The molecule has 31 heavy (non-hydrogen) atoms. The molecule has 0 bridgehead atoms. The minimum atomic E-state index is -0.291. The Morgan fingerprint density at radius 1 is 1.13 bits per heavy atom. The molecule has 164 valence electrons. The van der Waals surface area contributed by atoms with E-state index < -0.39 is 0 Å². The lowest BCUT2D eigenvalue weighted by Crippen LogP contribution is -2.27. The molecule has 1 aromatic heterocycles. The highest BCUT2D eigenvalue weighted by molar-refractivity contribution is 6.35. The standard InChI is InChI=1S/C23H24Cl2FN3O2/c1-15(2)10-27-23(30)21-14-31-22(28-21)13-29(11-16-3-7-19(26)8-4-16)12-17-5-6-18(24)9-20(17)25/h3-9,14-15H,10-13H2,1-2H3,(H,27,30). The van der Waals surface area contributed by atoms with Crippen LogP contribution in [0.5, 0.6) is 0 Å². The number of hydrogen-bond acceptors (Lipinski definition) is 4. The summed E-state index contributed by atoms with van der Waals surface area (Å²) in [6.45, 7) is 5.94. The van der Waals surface area contributed by atoms with Crippen LogP contribution in [-0.2, 0) is 19.6 Å². The average molecular weight is 464 g/mol. The van der Waals surface area contributed by atoms with E-state index >= 15 is 0 Å². The summed E-state index contributed by atoms with van der Waals surface area (Å²) in [7, 11) is 0. The van der Waals surface area contributed by atoms with Crippen LogP contribution in [0, 0.1) is 11.7 Å².